The first-order chi connectivity index (χ1) is 17.3. The van der Waals surface area contributed by atoms with Crippen LogP contribution in [0.2, 0.25) is 0 Å². The SMILES string of the molecule is Cc1nn2ccc(OCCNC(=O)C(C)(C)C)cc2c1-c1nc(-c2ccccc2)c(-c2ncn[nH]2)s1. The van der Waals surface area contributed by atoms with Crippen molar-refractivity contribution in [2.75, 3.05) is 13.2 Å². The van der Waals surface area contributed by atoms with Crippen molar-refractivity contribution in [2.24, 2.45) is 5.41 Å². The predicted molar refractivity (Wildman–Crippen MR) is 140 cm³/mol. The molecule has 0 radical (unpaired) electrons. The lowest BCUT2D eigenvalue weighted by atomic mass is 9.96. The maximum atomic E-state index is 12.1. The molecule has 0 aliphatic heterocycles. The summed E-state index contributed by atoms with van der Waals surface area (Å²) < 4.78 is 7.77. The summed E-state index contributed by atoms with van der Waals surface area (Å²) in [5.74, 6) is 1.37. The molecule has 10 heteroatoms. The molecule has 1 aromatic carbocycles. The number of carbonyl (C=O) groups excluding carboxylic acids is 1. The topological polar surface area (TPSA) is 110 Å². The van der Waals surface area contributed by atoms with Crippen LogP contribution in [0.4, 0.5) is 0 Å². The van der Waals surface area contributed by atoms with Crippen molar-refractivity contribution >= 4 is 22.8 Å². The van der Waals surface area contributed by atoms with Gasteiger partial charge in [-0.3, -0.25) is 9.89 Å². The van der Waals surface area contributed by atoms with Crippen LogP contribution in [-0.2, 0) is 4.79 Å². The Balaban J connectivity index is 1.47. The van der Waals surface area contributed by atoms with Crippen LogP contribution in [0.3, 0.4) is 0 Å². The molecule has 36 heavy (non-hydrogen) atoms. The third-order valence-corrected chi connectivity index (χ3v) is 6.72. The highest BCUT2D eigenvalue weighted by Gasteiger charge is 2.23. The predicted octanol–water partition coefficient (Wildman–Crippen LogP) is 4.76. The fraction of sp³-hybridized carbons (Fsp3) is 0.269. The van der Waals surface area contributed by atoms with Crippen molar-refractivity contribution in [1.82, 2.24) is 35.1 Å². The van der Waals surface area contributed by atoms with Gasteiger partial charge in [-0.25, -0.2) is 14.5 Å². The van der Waals surface area contributed by atoms with Crippen molar-refractivity contribution in [3.8, 4) is 38.3 Å². The second-order valence-corrected chi connectivity index (χ2v) is 10.4. The smallest absolute Gasteiger partial charge is 0.225 e. The minimum absolute atomic E-state index is 0.00388. The highest BCUT2D eigenvalue weighted by molar-refractivity contribution is 7.19. The molecule has 5 rings (SSSR count). The Morgan fingerprint density at radius 1 is 1.19 bits per heavy atom. The zero-order valence-electron chi connectivity index (χ0n) is 20.6. The maximum Gasteiger partial charge on any atom is 0.225 e. The van der Waals surface area contributed by atoms with Gasteiger partial charge in [-0.15, -0.1) is 11.3 Å². The van der Waals surface area contributed by atoms with Crippen LogP contribution in [0.15, 0.2) is 55.0 Å². The lowest BCUT2D eigenvalue weighted by molar-refractivity contribution is -0.128. The number of hydrogen-bond donors (Lipinski definition) is 2. The summed E-state index contributed by atoms with van der Waals surface area (Å²) in [6, 6.07) is 13.9. The zero-order chi connectivity index (χ0) is 25.3. The number of fused-ring (bicyclic) bond motifs is 1. The number of H-pyrrole nitrogens is 1. The number of benzene rings is 1. The van der Waals surface area contributed by atoms with Crippen LogP contribution in [0.1, 0.15) is 26.5 Å². The molecule has 184 valence electrons. The van der Waals surface area contributed by atoms with Crippen LogP contribution in [0, 0.1) is 12.3 Å². The number of pyridine rings is 1. The zero-order valence-corrected chi connectivity index (χ0v) is 21.4. The molecule has 0 bridgehead atoms. The Morgan fingerprint density at radius 3 is 2.72 bits per heavy atom. The number of hydrogen-bond acceptors (Lipinski definition) is 7. The first-order valence-electron chi connectivity index (χ1n) is 11.6. The molecule has 0 spiro atoms. The van der Waals surface area contributed by atoms with Crippen molar-refractivity contribution in [3.05, 3.63) is 60.7 Å². The summed E-state index contributed by atoms with van der Waals surface area (Å²) in [5, 5.41) is 15.4. The van der Waals surface area contributed by atoms with E-state index < -0.39 is 5.41 Å². The van der Waals surface area contributed by atoms with Crippen LogP contribution < -0.4 is 10.1 Å². The quantitative estimate of drug-likeness (QED) is 0.311. The number of aromatic amines is 1. The van der Waals surface area contributed by atoms with Gasteiger partial charge in [0.2, 0.25) is 5.91 Å². The van der Waals surface area contributed by atoms with E-state index in [1.54, 1.807) is 11.3 Å². The minimum Gasteiger partial charge on any atom is -0.492 e. The average molecular weight is 502 g/mol. The van der Waals surface area contributed by atoms with E-state index in [1.165, 1.54) is 6.33 Å². The van der Waals surface area contributed by atoms with E-state index in [9.17, 15) is 4.79 Å². The van der Waals surface area contributed by atoms with Crippen molar-refractivity contribution < 1.29 is 9.53 Å². The molecule has 9 nitrogen and oxygen atoms in total. The molecule has 0 aliphatic rings. The van der Waals surface area contributed by atoms with Gasteiger partial charge in [-0.1, -0.05) is 51.1 Å². The first kappa shape index (κ1) is 23.7. The highest BCUT2D eigenvalue weighted by Crippen LogP contribution is 2.41. The van der Waals surface area contributed by atoms with Crippen molar-refractivity contribution in [2.45, 2.75) is 27.7 Å². The van der Waals surface area contributed by atoms with E-state index in [2.05, 4.69) is 25.6 Å². The second-order valence-electron chi connectivity index (χ2n) is 9.40. The molecule has 0 fully saturated rings. The van der Waals surface area contributed by atoms with Crippen LogP contribution in [0.5, 0.6) is 5.75 Å². The van der Waals surface area contributed by atoms with Gasteiger partial charge in [-0.05, 0) is 13.0 Å². The van der Waals surface area contributed by atoms with E-state index in [4.69, 9.17) is 9.72 Å². The van der Waals surface area contributed by atoms with Gasteiger partial charge < -0.3 is 10.1 Å². The summed E-state index contributed by atoms with van der Waals surface area (Å²) in [5.41, 5.74) is 4.10. The molecule has 0 unspecified atom stereocenters. The number of carbonyl (C=O) groups is 1. The number of rotatable bonds is 7. The molecule has 0 saturated heterocycles. The van der Waals surface area contributed by atoms with Gasteiger partial charge in [0, 0.05) is 23.2 Å². The molecule has 0 aliphatic carbocycles. The lowest BCUT2D eigenvalue weighted by Crippen LogP contribution is -2.37. The number of nitrogens with zero attached hydrogens (tertiary/aromatic N) is 5. The first-order valence-corrected chi connectivity index (χ1v) is 12.5. The summed E-state index contributed by atoms with van der Waals surface area (Å²) in [6.45, 7) is 8.43. The molecule has 0 saturated carbocycles. The summed E-state index contributed by atoms with van der Waals surface area (Å²) in [4.78, 5) is 22.4. The third kappa shape index (κ3) is 4.72. The normalized spacial score (nSPS) is 11.7. The van der Waals surface area contributed by atoms with Crippen LogP contribution >= 0.6 is 11.3 Å². The van der Waals surface area contributed by atoms with E-state index in [-0.39, 0.29) is 5.91 Å². The number of amides is 1. The van der Waals surface area contributed by atoms with Gasteiger partial charge in [0.25, 0.3) is 0 Å². The van der Waals surface area contributed by atoms with E-state index >= 15 is 0 Å². The molecule has 4 aromatic heterocycles. The molecule has 2 N–H and O–H groups in total. The maximum absolute atomic E-state index is 12.1. The van der Waals surface area contributed by atoms with Gasteiger partial charge in [0.05, 0.1) is 33.9 Å². The molecular formula is C26H27N7O2S. The summed E-state index contributed by atoms with van der Waals surface area (Å²) in [6.07, 6.45) is 3.37. The van der Waals surface area contributed by atoms with E-state index in [0.29, 0.717) is 24.7 Å². The van der Waals surface area contributed by atoms with Gasteiger partial charge in [0.15, 0.2) is 5.82 Å². The number of nitrogens with one attached hydrogen (secondary N) is 2. The van der Waals surface area contributed by atoms with Crippen LogP contribution in [-0.4, -0.2) is 48.8 Å². The fourth-order valence-electron chi connectivity index (χ4n) is 3.79. The fourth-order valence-corrected chi connectivity index (χ4v) is 4.93. The second kappa shape index (κ2) is 9.54. The lowest BCUT2D eigenvalue weighted by Gasteiger charge is -2.17. The standard InChI is InChI=1S/C26H27N7O2S/c1-16-20(19-14-18(10-12-33(19)32-16)35-13-11-27-25(34)26(2,3)4)24-30-21(17-8-6-5-7-9-17)22(36-24)23-28-15-29-31-23/h5-10,12,14-15H,11,13H2,1-4H3,(H,27,34)(H,28,29,31). The molecule has 1 amide bonds. The Bertz CT molecular complexity index is 1500. The summed E-state index contributed by atoms with van der Waals surface area (Å²) >= 11 is 1.55. The van der Waals surface area contributed by atoms with Gasteiger partial charge >= 0.3 is 0 Å². The van der Waals surface area contributed by atoms with Crippen LogP contribution in [0.25, 0.3) is 38.0 Å². The average Bonchev–Trinajstić information content (AvgIpc) is 3.59. The molecule has 5 aromatic rings. The number of aromatic nitrogens is 6. The Morgan fingerprint density at radius 2 is 2.00 bits per heavy atom. The minimum atomic E-state index is -0.431. The number of aryl methyl sites for hydroxylation is 1. The third-order valence-electron chi connectivity index (χ3n) is 5.64. The molecule has 4 heterocycles. The van der Waals surface area contributed by atoms with E-state index in [0.717, 1.165) is 37.9 Å². The van der Waals surface area contributed by atoms with Gasteiger partial charge in [0.1, 0.15) is 23.7 Å². The largest absolute Gasteiger partial charge is 0.492 e. The van der Waals surface area contributed by atoms with Crippen molar-refractivity contribution in [1.29, 1.82) is 0 Å². The summed E-state index contributed by atoms with van der Waals surface area (Å²) in [7, 11) is 0. The number of ether oxygens (including phenoxy) is 1. The molecular weight excluding hydrogens is 474 g/mol. The van der Waals surface area contributed by atoms with Crippen molar-refractivity contribution in [3.63, 3.8) is 0 Å². The Labute approximate surface area is 212 Å². The van der Waals surface area contributed by atoms with Gasteiger partial charge in [-0.2, -0.15) is 10.2 Å². The Kier molecular flexibility index (Phi) is 6.27. The number of thiazole rings is 1. The highest BCUT2D eigenvalue weighted by atomic mass is 32.1. The van der Waals surface area contributed by atoms with E-state index in [1.807, 2.05) is 80.9 Å². The molecule has 0 atom stereocenters. The Hall–Kier alpha value is -4.05. The monoisotopic (exact) mass is 501 g/mol.